The van der Waals surface area contributed by atoms with E-state index in [9.17, 15) is 0 Å². The summed E-state index contributed by atoms with van der Waals surface area (Å²) in [5.74, 6) is 0. The third-order valence-corrected chi connectivity index (χ3v) is 2.58. The van der Waals surface area contributed by atoms with Gasteiger partial charge in [0.2, 0.25) is 0 Å². The van der Waals surface area contributed by atoms with Crippen LogP contribution in [0.4, 0.5) is 0 Å². The van der Waals surface area contributed by atoms with Crippen LogP contribution in [-0.2, 0) is 16.0 Å². The molecule has 0 atom stereocenters. The molecule has 1 aromatic heterocycles. The molecule has 1 aromatic rings. The molecule has 0 fully saturated rings. The van der Waals surface area contributed by atoms with E-state index >= 15 is 0 Å². The molecule has 0 bridgehead atoms. The van der Waals surface area contributed by atoms with Crippen molar-refractivity contribution in [2.45, 2.75) is 26.7 Å². The van der Waals surface area contributed by atoms with Crippen LogP contribution in [0.25, 0.3) is 0 Å². The highest BCUT2D eigenvalue weighted by Crippen LogP contribution is 2.07. The second-order valence-electron chi connectivity index (χ2n) is 3.44. The first-order valence-corrected chi connectivity index (χ1v) is 6.60. The SMILES string of the molecule is CCOC(CNCc1ccc(Br)cn1)OCC. The number of hydrogen-bond acceptors (Lipinski definition) is 4. The third-order valence-electron chi connectivity index (χ3n) is 2.11. The number of hydrogen-bond donors (Lipinski definition) is 1. The number of nitrogens with one attached hydrogen (secondary N) is 1. The fraction of sp³-hybridized carbons (Fsp3) is 0.583. The molecule has 17 heavy (non-hydrogen) atoms. The number of aromatic nitrogens is 1. The third kappa shape index (κ3) is 6.12. The molecule has 5 heteroatoms. The largest absolute Gasteiger partial charge is 0.352 e. The first kappa shape index (κ1) is 14.6. The smallest absolute Gasteiger partial charge is 0.169 e. The Morgan fingerprint density at radius 3 is 2.53 bits per heavy atom. The van der Waals surface area contributed by atoms with Crippen LogP contribution in [-0.4, -0.2) is 31.0 Å². The van der Waals surface area contributed by atoms with E-state index in [1.807, 2.05) is 26.0 Å². The van der Waals surface area contributed by atoms with Gasteiger partial charge in [-0.3, -0.25) is 4.98 Å². The van der Waals surface area contributed by atoms with Gasteiger partial charge in [-0.25, -0.2) is 0 Å². The summed E-state index contributed by atoms with van der Waals surface area (Å²) < 4.78 is 11.8. The van der Waals surface area contributed by atoms with Crippen molar-refractivity contribution < 1.29 is 9.47 Å². The minimum Gasteiger partial charge on any atom is -0.352 e. The predicted octanol–water partition coefficient (Wildman–Crippen LogP) is 2.33. The van der Waals surface area contributed by atoms with E-state index in [1.165, 1.54) is 0 Å². The van der Waals surface area contributed by atoms with Gasteiger partial charge in [0.1, 0.15) is 0 Å². The summed E-state index contributed by atoms with van der Waals surface area (Å²) in [6, 6.07) is 3.96. The van der Waals surface area contributed by atoms with Crippen molar-refractivity contribution in [2.75, 3.05) is 19.8 Å². The molecular weight excluding hydrogens is 284 g/mol. The van der Waals surface area contributed by atoms with Crippen molar-refractivity contribution in [1.29, 1.82) is 0 Å². The Bertz CT molecular complexity index is 300. The van der Waals surface area contributed by atoms with E-state index in [-0.39, 0.29) is 6.29 Å². The van der Waals surface area contributed by atoms with E-state index in [1.54, 1.807) is 6.20 Å². The summed E-state index contributed by atoms with van der Waals surface area (Å²) in [5, 5.41) is 3.26. The molecule has 0 saturated carbocycles. The number of ether oxygens (including phenoxy) is 2. The average Bonchev–Trinajstić information content (AvgIpc) is 2.32. The van der Waals surface area contributed by atoms with Crippen LogP contribution in [0.2, 0.25) is 0 Å². The van der Waals surface area contributed by atoms with E-state index in [2.05, 4.69) is 26.2 Å². The number of pyridine rings is 1. The maximum absolute atomic E-state index is 5.43. The highest BCUT2D eigenvalue weighted by molar-refractivity contribution is 9.10. The van der Waals surface area contributed by atoms with E-state index in [0.29, 0.717) is 26.3 Å². The summed E-state index contributed by atoms with van der Waals surface area (Å²) in [6.07, 6.45) is 1.61. The van der Waals surface area contributed by atoms with Crippen molar-refractivity contribution in [1.82, 2.24) is 10.3 Å². The fourth-order valence-electron chi connectivity index (χ4n) is 1.37. The zero-order valence-corrected chi connectivity index (χ0v) is 11.9. The van der Waals surface area contributed by atoms with Gasteiger partial charge in [-0.1, -0.05) is 0 Å². The lowest BCUT2D eigenvalue weighted by Gasteiger charge is -2.17. The maximum Gasteiger partial charge on any atom is 0.169 e. The molecule has 0 radical (unpaired) electrons. The van der Waals surface area contributed by atoms with Crippen LogP contribution in [0, 0.1) is 0 Å². The molecule has 4 nitrogen and oxygen atoms in total. The number of rotatable bonds is 8. The summed E-state index contributed by atoms with van der Waals surface area (Å²) in [7, 11) is 0. The molecule has 1 N–H and O–H groups in total. The summed E-state index contributed by atoms with van der Waals surface area (Å²) in [4.78, 5) is 4.28. The zero-order chi connectivity index (χ0) is 12.5. The van der Waals surface area contributed by atoms with Crippen molar-refractivity contribution in [2.24, 2.45) is 0 Å². The molecule has 0 saturated heterocycles. The average molecular weight is 303 g/mol. The molecular formula is C12H19BrN2O2. The Balaban J connectivity index is 2.27. The lowest BCUT2D eigenvalue weighted by atomic mass is 10.3. The number of halogens is 1. The van der Waals surface area contributed by atoms with Gasteiger partial charge < -0.3 is 14.8 Å². The molecule has 0 aromatic carbocycles. The van der Waals surface area contributed by atoms with Gasteiger partial charge >= 0.3 is 0 Å². The van der Waals surface area contributed by atoms with Crippen molar-refractivity contribution in [3.05, 3.63) is 28.5 Å². The van der Waals surface area contributed by atoms with Crippen molar-refractivity contribution >= 4 is 15.9 Å². The Morgan fingerprint density at radius 1 is 1.29 bits per heavy atom. The molecule has 0 aliphatic carbocycles. The minimum absolute atomic E-state index is 0.180. The molecule has 1 rings (SSSR count). The van der Waals surface area contributed by atoms with Gasteiger partial charge in [0.15, 0.2) is 6.29 Å². The van der Waals surface area contributed by atoms with Crippen LogP contribution in [0.3, 0.4) is 0 Å². The first-order chi connectivity index (χ1) is 8.26. The second-order valence-corrected chi connectivity index (χ2v) is 4.35. The van der Waals surface area contributed by atoms with Gasteiger partial charge in [0.25, 0.3) is 0 Å². The Morgan fingerprint density at radius 2 is 2.00 bits per heavy atom. The van der Waals surface area contributed by atoms with Gasteiger partial charge in [-0.2, -0.15) is 0 Å². The lowest BCUT2D eigenvalue weighted by molar-refractivity contribution is -0.133. The molecule has 1 heterocycles. The zero-order valence-electron chi connectivity index (χ0n) is 10.3. The minimum atomic E-state index is -0.180. The molecule has 0 aliphatic heterocycles. The van der Waals surface area contributed by atoms with Crippen LogP contribution in [0.1, 0.15) is 19.5 Å². The molecule has 0 unspecified atom stereocenters. The molecule has 96 valence electrons. The van der Waals surface area contributed by atoms with Crippen LogP contribution < -0.4 is 5.32 Å². The van der Waals surface area contributed by atoms with Crippen LogP contribution in [0.15, 0.2) is 22.8 Å². The fourth-order valence-corrected chi connectivity index (χ4v) is 1.60. The molecule has 0 amide bonds. The van der Waals surface area contributed by atoms with E-state index in [4.69, 9.17) is 9.47 Å². The standard InChI is InChI=1S/C12H19BrN2O2/c1-3-16-12(17-4-2)9-14-8-11-6-5-10(13)7-15-11/h5-7,12,14H,3-4,8-9H2,1-2H3. The highest BCUT2D eigenvalue weighted by Gasteiger charge is 2.06. The summed E-state index contributed by atoms with van der Waals surface area (Å²) >= 11 is 3.36. The monoisotopic (exact) mass is 302 g/mol. The van der Waals surface area contributed by atoms with Gasteiger partial charge in [0, 0.05) is 37.0 Å². The predicted molar refractivity (Wildman–Crippen MR) is 70.7 cm³/mol. The van der Waals surface area contributed by atoms with Crippen LogP contribution >= 0.6 is 15.9 Å². The second kappa shape index (κ2) is 8.58. The lowest BCUT2D eigenvalue weighted by Crippen LogP contribution is -2.31. The van der Waals surface area contributed by atoms with Crippen molar-refractivity contribution in [3.8, 4) is 0 Å². The topological polar surface area (TPSA) is 43.4 Å². The Kier molecular flexibility index (Phi) is 7.35. The number of nitrogens with zero attached hydrogens (tertiary/aromatic N) is 1. The quantitative estimate of drug-likeness (QED) is 0.749. The van der Waals surface area contributed by atoms with Crippen LogP contribution in [0.5, 0.6) is 0 Å². The summed E-state index contributed by atoms with van der Waals surface area (Å²) in [6.45, 7) is 6.61. The maximum atomic E-state index is 5.43. The van der Waals surface area contributed by atoms with Crippen molar-refractivity contribution in [3.63, 3.8) is 0 Å². The van der Waals surface area contributed by atoms with E-state index < -0.39 is 0 Å². The summed E-state index contributed by atoms with van der Waals surface area (Å²) in [5.41, 5.74) is 1.000. The van der Waals surface area contributed by atoms with Gasteiger partial charge in [0.05, 0.1) is 5.69 Å². The molecule has 0 spiro atoms. The van der Waals surface area contributed by atoms with Gasteiger partial charge in [-0.15, -0.1) is 0 Å². The molecule has 0 aliphatic rings. The Hall–Kier alpha value is -0.490. The highest BCUT2D eigenvalue weighted by atomic mass is 79.9. The normalized spacial score (nSPS) is 11.1. The van der Waals surface area contributed by atoms with Gasteiger partial charge in [-0.05, 0) is 41.9 Å². The van der Waals surface area contributed by atoms with E-state index in [0.717, 1.165) is 10.2 Å². The Labute approximate surface area is 111 Å². The first-order valence-electron chi connectivity index (χ1n) is 5.80.